The molecule has 12 aromatic rings. The molecule has 0 amide bonds. The van der Waals surface area contributed by atoms with E-state index in [2.05, 4.69) is 217 Å². The molecule has 0 radical (unpaired) electrons. The lowest BCUT2D eigenvalue weighted by molar-refractivity contribution is 0.979. The predicted molar refractivity (Wildman–Crippen MR) is 259 cm³/mol. The van der Waals surface area contributed by atoms with Crippen molar-refractivity contribution < 1.29 is 0 Å². The van der Waals surface area contributed by atoms with Gasteiger partial charge in [-0.05, 0) is 52.4 Å². The minimum Gasteiger partial charge on any atom is -0.231 e. The van der Waals surface area contributed by atoms with Gasteiger partial charge in [0.25, 0.3) is 0 Å². The molecule has 4 aromatic heterocycles. The summed E-state index contributed by atoms with van der Waals surface area (Å²) < 4.78 is 4.75. The molecule has 0 bridgehead atoms. The zero-order valence-electron chi connectivity index (χ0n) is 33.5. The predicted octanol–water partition coefficient (Wildman–Crippen LogP) is 15.3. The maximum absolute atomic E-state index is 5.44. The number of benzene rings is 8. The van der Waals surface area contributed by atoms with Crippen LogP contribution in [0.15, 0.2) is 218 Å². The second-order valence-electron chi connectivity index (χ2n) is 15.6. The zero-order valence-corrected chi connectivity index (χ0v) is 34.3. The quantitative estimate of drug-likeness (QED) is 0.161. The summed E-state index contributed by atoms with van der Waals surface area (Å²) in [6, 6.07) is 77.3. The fraction of sp³-hybridized carbons (Fsp3) is 0. The molecule has 4 nitrogen and oxygen atoms in total. The van der Waals surface area contributed by atoms with Gasteiger partial charge in [-0.1, -0.05) is 188 Å². The number of aromatic nitrogens is 4. The maximum atomic E-state index is 5.44. The zero-order chi connectivity index (χ0) is 41.0. The largest absolute Gasteiger partial charge is 0.231 e. The van der Waals surface area contributed by atoms with Crippen molar-refractivity contribution in [3.63, 3.8) is 0 Å². The molecule has 5 heteroatoms. The lowest BCUT2D eigenvalue weighted by Crippen LogP contribution is -1.98. The highest BCUT2D eigenvalue weighted by atomic mass is 32.1. The smallest absolute Gasteiger partial charge is 0.160 e. The maximum Gasteiger partial charge on any atom is 0.160 e. The highest BCUT2D eigenvalue weighted by molar-refractivity contribution is 7.25. The second-order valence-corrected chi connectivity index (χ2v) is 16.7. The molecule has 0 saturated carbocycles. The van der Waals surface area contributed by atoms with Crippen molar-refractivity contribution in [2.75, 3.05) is 0 Å². The van der Waals surface area contributed by atoms with Crippen molar-refractivity contribution in [2.45, 2.75) is 0 Å². The van der Waals surface area contributed by atoms with Crippen LogP contribution in [0, 0.1) is 0 Å². The number of nitrogens with zero attached hydrogens (tertiary/aromatic N) is 4. The number of thiophene rings is 1. The number of hydrogen-bond donors (Lipinski definition) is 0. The van der Waals surface area contributed by atoms with E-state index in [0.717, 1.165) is 83.6 Å². The van der Waals surface area contributed by atoms with E-state index in [0.29, 0.717) is 5.82 Å². The molecular weight excluding hydrogens is 773 g/mol. The second kappa shape index (κ2) is 14.9. The van der Waals surface area contributed by atoms with E-state index in [-0.39, 0.29) is 0 Å². The van der Waals surface area contributed by atoms with Gasteiger partial charge in [-0.2, -0.15) is 5.10 Å². The fourth-order valence-electron chi connectivity index (χ4n) is 8.81. The van der Waals surface area contributed by atoms with E-state index < -0.39 is 0 Å². The minimum atomic E-state index is 0.679. The normalized spacial score (nSPS) is 11.5. The molecule has 62 heavy (non-hydrogen) atoms. The van der Waals surface area contributed by atoms with Gasteiger partial charge in [-0.3, -0.25) is 0 Å². The molecule has 290 valence electrons. The molecule has 0 spiro atoms. The first-order valence-electron chi connectivity index (χ1n) is 20.8. The van der Waals surface area contributed by atoms with Gasteiger partial charge in [0.15, 0.2) is 5.82 Å². The summed E-state index contributed by atoms with van der Waals surface area (Å²) in [5.74, 6) is 0.679. The van der Waals surface area contributed by atoms with Crippen molar-refractivity contribution in [1.82, 2.24) is 19.6 Å². The third-order valence-corrected chi connectivity index (χ3v) is 13.0. The van der Waals surface area contributed by atoms with Crippen LogP contribution < -0.4 is 0 Å². The molecular formula is C57H36N4S. The van der Waals surface area contributed by atoms with Crippen molar-refractivity contribution in [2.24, 2.45) is 0 Å². The number of pyridine rings is 1. The van der Waals surface area contributed by atoms with Crippen LogP contribution in [0.5, 0.6) is 0 Å². The van der Waals surface area contributed by atoms with Gasteiger partial charge in [-0.25, -0.2) is 14.5 Å². The molecule has 4 heterocycles. The first-order chi connectivity index (χ1) is 30.7. The number of hydrogen-bond acceptors (Lipinski definition) is 4. The average molecular weight is 809 g/mol. The first-order valence-corrected chi connectivity index (χ1v) is 21.7. The molecule has 12 rings (SSSR count). The first kappa shape index (κ1) is 35.9. The Bertz CT molecular complexity index is 3610. The van der Waals surface area contributed by atoms with Crippen LogP contribution in [0.4, 0.5) is 0 Å². The molecule has 0 aliphatic carbocycles. The van der Waals surface area contributed by atoms with Crippen LogP contribution in [0.25, 0.3) is 115 Å². The van der Waals surface area contributed by atoms with Gasteiger partial charge in [0, 0.05) is 58.9 Å². The standard InChI is InChI=1S/C57H36N4S/c1-4-15-38(16-5-1)49-36-50(59-57(58-49)41-29-27-37(28-30-41)42-31-32-48-47-25-12-13-26-52(47)62-53(48)35-42)44-22-14-23-45(33-44)51-34-43-21-10-11-24-46(43)56-54(39-17-6-2-7-18-39)55(60-61(51)56)40-19-8-3-9-20-40/h1-36H. The van der Waals surface area contributed by atoms with Crippen molar-refractivity contribution in [1.29, 1.82) is 0 Å². The van der Waals surface area contributed by atoms with Gasteiger partial charge < -0.3 is 0 Å². The van der Waals surface area contributed by atoms with Crippen molar-refractivity contribution in [3.05, 3.63) is 218 Å². The van der Waals surface area contributed by atoms with Crippen LogP contribution in [0.3, 0.4) is 0 Å². The van der Waals surface area contributed by atoms with E-state index in [1.807, 2.05) is 17.4 Å². The third-order valence-electron chi connectivity index (χ3n) is 11.8. The van der Waals surface area contributed by atoms with E-state index >= 15 is 0 Å². The Morgan fingerprint density at radius 3 is 1.71 bits per heavy atom. The van der Waals surface area contributed by atoms with Gasteiger partial charge in [0.1, 0.15) is 5.69 Å². The third kappa shape index (κ3) is 6.26. The molecule has 0 aliphatic rings. The molecule has 0 unspecified atom stereocenters. The summed E-state index contributed by atoms with van der Waals surface area (Å²) in [5, 5.41) is 10.4. The van der Waals surface area contributed by atoms with E-state index in [9.17, 15) is 0 Å². The Labute approximate surface area is 362 Å². The van der Waals surface area contributed by atoms with Crippen LogP contribution in [-0.4, -0.2) is 19.6 Å². The van der Waals surface area contributed by atoms with Crippen LogP contribution in [-0.2, 0) is 0 Å². The Hall–Kier alpha value is -7.99. The monoisotopic (exact) mass is 808 g/mol. The summed E-state index contributed by atoms with van der Waals surface area (Å²) in [5.41, 5.74) is 14.5. The van der Waals surface area contributed by atoms with E-state index in [4.69, 9.17) is 15.1 Å². The van der Waals surface area contributed by atoms with Gasteiger partial charge in [0.05, 0.1) is 22.6 Å². The summed E-state index contributed by atoms with van der Waals surface area (Å²) in [6.07, 6.45) is 0. The molecule has 0 aliphatic heterocycles. The van der Waals surface area contributed by atoms with Crippen LogP contribution in [0.2, 0.25) is 0 Å². The topological polar surface area (TPSA) is 43.1 Å². The molecule has 0 N–H and O–H groups in total. The van der Waals surface area contributed by atoms with E-state index in [1.54, 1.807) is 0 Å². The molecule has 0 saturated heterocycles. The average Bonchev–Trinajstić information content (AvgIpc) is 3.94. The highest BCUT2D eigenvalue weighted by Crippen LogP contribution is 2.42. The molecule has 8 aromatic carbocycles. The number of fused-ring (bicyclic) bond motifs is 6. The number of rotatable bonds is 7. The highest BCUT2D eigenvalue weighted by Gasteiger charge is 2.22. The Kier molecular flexibility index (Phi) is 8.65. The van der Waals surface area contributed by atoms with Crippen LogP contribution in [0.1, 0.15) is 0 Å². The Morgan fingerprint density at radius 1 is 0.355 bits per heavy atom. The van der Waals surface area contributed by atoms with Crippen LogP contribution >= 0.6 is 11.3 Å². The fourth-order valence-corrected chi connectivity index (χ4v) is 9.95. The van der Waals surface area contributed by atoms with E-state index in [1.165, 1.54) is 25.7 Å². The summed E-state index contributed by atoms with van der Waals surface area (Å²) in [6.45, 7) is 0. The lowest BCUT2D eigenvalue weighted by Gasteiger charge is -2.13. The Balaban J connectivity index is 0.990. The van der Waals surface area contributed by atoms with Gasteiger partial charge in [0.2, 0.25) is 0 Å². The lowest BCUT2D eigenvalue weighted by atomic mass is 9.96. The summed E-state index contributed by atoms with van der Waals surface area (Å²) in [7, 11) is 0. The van der Waals surface area contributed by atoms with Gasteiger partial charge in [-0.15, -0.1) is 11.3 Å². The minimum absolute atomic E-state index is 0.679. The summed E-state index contributed by atoms with van der Waals surface area (Å²) in [4.78, 5) is 10.4. The van der Waals surface area contributed by atoms with Crippen molar-refractivity contribution in [3.8, 4) is 78.7 Å². The van der Waals surface area contributed by atoms with Crippen molar-refractivity contribution >= 4 is 47.8 Å². The molecule has 0 atom stereocenters. The summed E-state index contributed by atoms with van der Waals surface area (Å²) >= 11 is 1.84. The SMILES string of the molecule is c1ccc(-c2cc(-c3cccc(-c4cc5ccccc5c5c(-c6ccccc6)c(-c6ccccc6)nn45)c3)nc(-c3ccc(-c4ccc5c(c4)sc4ccccc45)cc3)n2)cc1. The van der Waals surface area contributed by atoms with Gasteiger partial charge >= 0.3 is 0 Å². The molecule has 0 fully saturated rings. The Morgan fingerprint density at radius 2 is 0.935 bits per heavy atom.